The number of nitrogens with zero attached hydrogens (tertiary/aromatic N) is 2. The zero-order chi connectivity index (χ0) is 12.6. The summed E-state index contributed by atoms with van der Waals surface area (Å²) in [5.41, 5.74) is 0. The smallest absolute Gasteiger partial charge is 0.206 e. The molecule has 1 aliphatic rings. The molecule has 0 saturated carbocycles. The molecule has 2 unspecified atom stereocenters. The number of rotatable bonds is 2. The lowest BCUT2D eigenvalue weighted by Gasteiger charge is -2.19. The Morgan fingerprint density at radius 3 is 2.65 bits per heavy atom. The van der Waals surface area contributed by atoms with E-state index in [0.29, 0.717) is 17.3 Å². The SMILES string of the molecule is CC1CC(C)N(S(=O)(=O)c2ccc(C#N)s2)C1. The molecule has 1 aromatic rings. The van der Waals surface area contributed by atoms with E-state index in [4.69, 9.17) is 5.26 Å². The number of hydrogen-bond donors (Lipinski definition) is 0. The molecule has 0 aromatic carbocycles. The molecule has 1 saturated heterocycles. The maximum absolute atomic E-state index is 12.3. The fraction of sp³-hybridized carbons (Fsp3) is 0.545. The van der Waals surface area contributed by atoms with E-state index in [1.54, 1.807) is 10.4 Å². The second-order valence-electron chi connectivity index (χ2n) is 4.50. The first-order valence-electron chi connectivity index (χ1n) is 5.47. The van der Waals surface area contributed by atoms with Crippen molar-refractivity contribution in [3.05, 3.63) is 17.0 Å². The fourth-order valence-corrected chi connectivity index (χ4v) is 5.23. The van der Waals surface area contributed by atoms with Crippen molar-refractivity contribution in [2.45, 2.75) is 30.5 Å². The maximum Gasteiger partial charge on any atom is 0.252 e. The largest absolute Gasteiger partial charge is 0.252 e. The van der Waals surface area contributed by atoms with E-state index in [2.05, 4.69) is 6.92 Å². The molecule has 0 spiro atoms. The van der Waals surface area contributed by atoms with Gasteiger partial charge >= 0.3 is 0 Å². The molecule has 92 valence electrons. The van der Waals surface area contributed by atoms with Crippen molar-refractivity contribution in [2.75, 3.05) is 6.54 Å². The molecule has 0 N–H and O–H groups in total. The molecule has 4 nitrogen and oxygen atoms in total. The predicted molar refractivity (Wildman–Crippen MR) is 66.2 cm³/mol. The first-order chi connectivity index (χ1) is 7.95. The Morgan fingerprint density at radius 2 is 2.18 bits per heavy atom. The molecule has 1 fully saturated rings. The van der Waals surface area contributed by atoms with Gasteiger partial charge in [-0.05, 0) is 31.4 Å². The molecular weight excluding hydrogens is 256 g/mol. The van der Waals surface area contributed by atoms with E-state index in [-0.39, 0.29) is 10.3 Å². The van der Waals surface area contributed by atoms with Gasteiger partial charge in [-0.2, -0.15) is 9.57 Å². The Kier molecular flexibility index (Phi) is 3.25. The van der Waals surface area contributed by atoms with Crippen molar-refractivity contribution in [1.82, 2.24) is 4.31 Å². The Balaban J connectivity index is 2.34. The summed E-state index contributed by atoms with van der Waals surface area (Å²) in [6, 6.07) is 5.09. The molecule has 6 heteroatoms. The summed E-state index contributed by atoms with van der Waals surface area (Å²) < 4.78 is 26.5. The summed E-state index contributed by atoms with van der Waals surface area (Å²) in [5.74, 6) is 0.398. The molecular formula is C11H14N2O2S2. The van der Waals surface area contributed by atoms with Gasteiger partial charge in [-0.25, -0.2) is 8.42 Å². The van der Waals surface area contributed by atoms with E-state index in [0.717, 1.165) is 17.8 Å². The molecule has 2 atom stereocenters. The molecule has 1 aliphatic heterocycles. The van der Waals surface area contributed by atoms with Crippen LogP contribution in [0.15, 0.2) is 16.3 Å². The van der Waals surface area contributed by atoms with Crippen molar-refractivity contribution in [1.29, 1.82) is 5.26 Å². The summed E-state index contributed by atoms with van der Waals surface area (Å²) in [6.45, 7) is 4.56. The molecule has 2 rings (SSSR count). The molecule has 0 aliphatic carbocycles. The molecule has 0 amide bonds. The Labute approximate surface area is 106 Å². The van der Waals surface area contributed by atoms with Crippen LogP contribution in [-0.4, -0.2) is 25.3 Å². The van der Waals surface area contributed by atoms with Crippen LogP contribution in [0.3, 0.4) is 0 Å². The van der Waals surface area contributed by atoms with Gasteiger partial charge in [-0.3, -0.25) is 0 Å². The van der Waals surface area contributed by atoms with Crippen LogP contribution < -0.4 is 0 Å². The zero-order valence-electron chi connectivity index (χ0n) is 9.75. The third-order valence-electron chi connectivity index (χ3n) is 2.98. The van der Waals surface area contributed by atoms with Gasteiger partial charge in [0.15, 0.2) is 0 Å². The number of thiophene rings is 1. The van der Waals surface area contributed by atoms with Crippen LogP contribution >= 0.6 is 11.3 Å². The zero-order valence-corrected chi connectivity index (χ0v) is 11.4. The Hall–Kier alpha value is -0.900. The standard InChI is InChI=1S/C11H14N2O2S2/c1-8-5-9(2)13(7-8)17(14,15)11-4-3-10(6-12)16-11/h3-4,8-9H,5,7H2,1-2H3. The summed E-state index contributed by atoms with van der Waals surface area (Å²) in [4.78, 5) is 0.434. The van der Waals surface area contributed by atoms with Crippen LogP contribution in [-0.2, 0) is 10.0 Å². The van der Waals surface area contributed by atoms with Crippen LogP contribution in [0.2, 0.25) is 0 Å². The fourth-order valence-electron chi connectivity index (χ4n) is 2.23. The van der Waals surface area contributed by atoms with Gasteiger partial charge in [-0.1, -0.05) is 6.92 Å². The van der Waals surface area contributed by atoms with Crippen LogP contribution in [0.4, 0.5) is 0 Å². The first-order valence-corrected chi connectivity index (χ1v) is 7.72. The average molecular weight is 270 g/mol. The highest BCUT2D eigenvalue weighted by Crippen LogP contribution is 2.31. The van der Waals surface area contributed by atoms with Crippen molar-refractivity contribution < 1.29 is 8.42 Å². The summed E-state index contributed by atoms with van der Waals surface area (Å²) in [6.07, 6.45) is 0.899. The minimum absolute atomic E-state index is 0.0441. The maximum atomic E-state index is 12.3. The average Bonchev–Trinajstić information content (AvgIpc) is 2.85. The van der Waals surface area contributed by atoms with Gasteiger partial charge in [0.1, 0.15) is 15.2 Å². The van der Waals surface area contributed by atoms with Crippen LogP contribution in [0.25, 0.3) is 0 Å². The van der Waals surface area contributed by atoms with Crippen LogP contribution in [0.1, 0.15) is 25.1 Å². The highest BCUT2D eigenvalue weighted by atomic mass is 32.2. The number of sulfonamides is 1. The summed E-state index contributed by atoms with van der Waals surface area (Å²) in [7, 11) is -3.41. The highest BCUT2D eigenvalue weighted by molar-refractivity contribution is 7.91. The Morgan fingerprint density at radius 1 is 1.47 bits per heavy atom. The van der Waals surface area contributed by atoms with Gasteiger partial charge in [0.2, 0.25) is 0 Å². The second kappa shape index (κ2) is 4.41. The molecule has 1 aromatic heterocycles. The van der Waals surface area contributed by atoms with Crippen LogP contribution in [0, 0.1) is 17.2 Å². The second-order valence-corrected chi connectivity index (χ2v) is 7.70. The van der Waals surface area contributed by atoms with Gasteiger partial charge in [0, 0.05) is 12.6 Å². The number of nitriles is 1. The van der Waals surface area contributed by atoms with Gasteiger partial charge in [0.25, 0.3) is 10.0 Å². The molecule has 17 heavy (non-hydrogen) atoms. The van der Waals surface area contributed by atoms with E-state index >= 15 is 0 Å². The van der Waals surface area contributed by atoms with E-state index in [1.807, 2.05) is 13.0 Å². The summed E-state index contributed by atoms with van der Waals surface area (Å²) >= 11 is 1.04. The third-order valence-corrected chi connectivity index (χ3v) is 6.42. The summed E-state index contributed by atoms with van der Waals surface area (Å²) in [5, 5.41) is 8.73. The van der Waals surface area contributed by atoms with E-state index < -0.39 is 10.0 Å². The lowest BCUT2D eigenvalue weighted by molar-refractivity contribution is 0.407. The molecule has 2 heterocycles. The molecule has 0 bridgehead atoms. The normalized spacial score (nSPS) is 25.9. The van der Waals surface area contributed by atoms with Gasteiger partial charge in [0.05, 0.1) is 0 Å². The minimum atomic E-state index is -3.41. The molecule has 0 radical (unpaired) electrons. The third kappa shape index (κ3) is 2.23. The topological polar surface area (TPSA) is 61.2 Å². The van der Waals surface area contributed by atoms with Gasteiger partial charge < -0.3 is 0 Å². The predicted octanol–water partition coefficient (Wildman–Crippen LogP) is 2.04. The van der Waals surface area contributed by atoms with E-state index in [9.17, 15) is 8.42 Å². The minimum Gasteiger partial charge on any atom is -0.206 e. The van der Waals surface area contributed by atoms with Crippen LogP contribution in [0.5, 0.6) is 0 Å². The lowest BCUT2D eigenvalue weighted by atomic mass is 10.1. The quantitative estimate of drug-likeness (QED) is 0.826. The first kappa shape index (κ1) is 12.6. The Bertz CT molecular complexity index is 556. The van der Waals surface area contributed by atoms with Crippen molar-refractivity contribution in [3.63, 3.8) is 0 Å². The number of hydrogen-bond acceptors (Lipinski definition) is 4. The lowest BCUT2D eigenvalue weighted by Crippen LogP contribution is -2.33. The van der Waals surface area contributed by atoms with Crippen molar-refractivity contribution >= 4 is 21.4 Å². The van der Waals surface area contributed by atoms with Crippen molar-refractivity contribution in [2.24, 2.45) is 5.92 Å². The van der Waals surface area contributed by atoms with E-state index in [1.165, 1.54) is 6.07 Å². The monoisotopic (exact) mass is 270 g/mol. The van der Waals surface area contributed by atoms with Crippen molar-refractivity contribution in [3.8, 4) is 6.07 Å². The highest BCUT2D eigenvalue weighted by Gasteiger charge is 2.36. The van der Waals surface area contributed by atoms with Gasteiger partial charge in [-0.15, -0.1) is 11.3 Å².